The molecule has 1 unspecified atom stereocenters. The van der Waals surface area contributed by atoms with E-state index in [9.17, 15) is 0 Å². The van der Waals surface area contributed by atoms with E-state index in [0.29, 0.717) is 10.9 Å². The number of anilines is 1. The number of halogens is 1. The maximum Gasteiger partial charge on any atom is 0.150 e. The van der Waals surface area contributed by atoms with Crippen molar-refractivity contribution in [3.8, 4) is 0 Å². The molecule has 2 heterocycles. The summed E-state index contributed by atoms with van der Waals surface area (Å²) in [5, 5.41) is 0.646. The second-order valence-electron chi connectivity index (χ2n) is 4.56. The lowest BCUT2D eigenvalue weighted by Crippen LogP contribution is -2.26. The highest BCUT2D eigenvalue weighted by Gasteiger charge is 2.25. The van der Waals surface area contributed by atoms with Gasteiger partial charge in [-0.3, -0.25) is 0 Å². The summed E-state index contributed by atoms with van der Waals surface area (Å²) in [4.78, 5) is 12.6. The van der Waals surface area contributed by atoms with Crippen molar-refractivity contribution in [2.45, 2.75) is 6.42 Å². The predicted molar refractivity (Wildman–Crippen MR) is 65.9 cm³/mol. The largest absolute Gasteiger partial charge is 0.355 e. The number of hydrogen-bond acceptors (Lipinski definition) is 4. The Labute approximate surface area is 101 Å². The Morgan fingerprint density at radius 3 is 3.06 bits per heavy atom. The summed E-state index contributed by atoms with van der Waals surface area (Å²) in [7, 11) is 4.22. The Balaban J connectivity index is 2.01. The zero-order valence-corrected chi connectivity index (χ0v) is 10.5. The molecule has 0 spiro atoms. The molecular weight excluding hydrogens is 224 g/mol. The van der Waals surface area contributed by atoms with Crippen molar-refractivity contribution in [2.75, 3.05) is 38.6 Å². The summed E-state index contributed by atoms with van der Waals surface area (Å²) in [6.45, 7) is 3.20. The summed E-state index contributed by atoms with van der Waals surface area (Å²) < 4.78 is 0. The number of rotatable bonds is 3. The lowest BCUT2D eigenvalue weighted by molar-refractivity contribution is 0.340. The van der Waals surface area contributed by atoms with Gasteiger partial charge in [0.25, 0.3) is 0 Å². The second-order valence-corrected chi connectivity index (χ2v) is 4.96. The van der Waals surface area contributed by atoms with Gasteiger partial charge in [-0.05, 0) is 26.4 Å². The fourth-order valence-corrected chi connectivity index (χ4v) is 2.45. The molecule has 0 aromatic carbocycles. The van der Waals surface area contributed by atoms with Crippen LogP contribution >= 0.6 is 11.6 Å². The van der Waals surface area contributed by atoms with Gasteiger partial charge in [0, 0.05) is 19.6 Å². The Hall–Kier alpha value is -0.870. The molecule has 1 aliphatic heterocycles. The maximum atomic E-state index is 6.08. The molecule has 0 N–H and O–H groups in total. The number of hydrogen-bond donors (Lipinski definition) is 0. The smallest absolute Gasteiger partial charge is 0.150 e. The van der Waals surface area contributed by atoms with Crippen LogP contribution in [-0.4, -0.2) is 48.6 Å². The van der Waals surface area contributed by atoms with Gasteiger partial charge in [-0.25, -0.2) is 9.97 Å². The third-order valence-corrected chi connectivity index (χ3v) is 3.12. The minimum atomic E-state index is 0.646. The zero-order valence-electron chi connectivity index (χ0n) is 9.73. The van der Waals surface area contributed by atoms with Crippen molar-refractivity contribution >= 4 is 17.4 Å². The predicted octanol–water partition coefficient (Wildman–Crippen LogP) is 1.52. The summed E-state index contributed by atoms with van der Waals surface area (Å²) in [5.41, 5.74) is 0. The lowest BCUT2D eigenvalue weighted by Gasteiger charge is -2.19. The van der Waals surface area contributed by atoms with Crippen LogP contribution in [0.5, 0.6) is 0 Å². The molecule has 1 aliphatic rings. The first kappa shape index (κ1) is 11.6. The van der Waals surface area contributed by atoms with E-state index < -0.39 is 0 Å². The summed E-state index contributed by atoms with van der Waals surface area (Å²) >= 11 is 6.08. The van der Waals surface area contributed by atoms with Crippen molar-refractivity contribution in [1.29, 1.82) is 0 Å². The van der Waals surface area contributed by atoms with Crippen molar-refractivity contribution in [3.05, 3.63) is 17.5 Å². The standard InChI is InChI=1S/C11H17ClN4/c1-15(2)6-9-3-4-16(7-9)11-10(12)5-13-8-14-11/h5,8-9H,3-4,6-7H2,1-2H3. The van der Waals surface area contributed by atoms with E-state index in [2.05, 4.69) is 33.9 Å². The van der Waals surface area contributed by atoms with E-state index in [0.717, 1.165) is 25.5 Å². The average Bonchev–Trinajstić information content (AvgIpc) is 2.66. The van der Waals surface area contributed by atoms with Gasteiger partial charge >= 0.3 is 0 Å². The van der Waals surface area contributed by atoms with E-state index in [-0.39, 0.29) is 0 Å². The minimum absolute atomic E-state index is 0.646. The fourth-order valence-electron chi connectivity index (χ4n) is 2.23. The molecule has 0 aliphatic carbocycles. The van der Waals surface area contributed by atoms with Gasteiger partial charge in [0.05, 0.1) is 6.20 Å². The van der Waals surface area contributed by atoms with Crippen LogP contribution in [-0.2, 0) is 0 Å². The molecule has 16 heavy (non-hydrogen) atoms. The highest BCUT2D eigenvalue weighted by atomic mass is 35.5. The van der Waals surface area contributed by atoms with Crippen molar-refractivity contribution in [1.82, 2.24) is 14.9 Å². The van der Waals surface area contributed by atoms with Crippen LogP contribution < -0.4 is 4.90 Å². The van der Waals surface area contributed by atoms with Gasteiger partial charge in [-0.2, -0.15) is 0 Å². The van der Waals surface area contributed by atoms with Gasteiger partial charge in [0.1, 0.15) is 11.3 Å². The summed E-state index contributed by atoms with van der Waals surface area (Å²) in [5.74, 6) is 1.58. The molecule has 1 atom stereocenters. The van der Waals surface area contributed by atoms with Crippen LogP contribution in [0.1, 0.15) is 6.42 Å². The normalized spacial score (nSPS) is 20.8. The molecule has 1 aromatic rings. The fraction of sp³-hybridized carbons (Fsp3) is 0.636. The van der Waals surface area contributed by atoms with Crippen LogP contribution in [0.4, 0.5) is 5.82 Å². The highest BCUT2D eigenvalue weighted by molar-refractivity contribution is 6.32. The maximum absolute atomic E-state index is 6.08. The number of aromatic nitrogens is 2. The van der Waals surface area contributed by atoms with Gasteiger partial charge in [0.15, 0.2) is 5.82 Å². The van der Waals surface area contributed by atoms with Crippen LogP contribution in [0.25, 0.3) is 0 Å². The van der Waals surface area contributed by atoms with Gasteiger partial charge in [0.2, 0.25) is 0 Å². The van der Waals surface area contributed by atoms with Gasteiger partial charge < -0.3 is 9.80 Å². The zero-order chi connectivity index (χ0) is 11.5. The Morgan fingerprint density at radius 2 is 2.38 bits per heavy atom. The van der Waals surface area contributed by atoms with E-state index in [1.807, 2.05) is 0 Å². The van der Waals surface area contributed by atoms with Crippen LogP contribution in [0.3, 0.4) is 0 Å². The van der Waals surface area contributed by atoms with Gasteiger partial charge in [-0.1, -0.05) is 11.6 Å². The molecule has 5 heteroatoms. The minimum Gasteiger partial charge on any atom is -0.355 e. The summed E-state index contributed by atoms with van der Waals surface area (Å²) in [6.07, 6.45) is 4.42. The Kier molecular flexibility index (Phi) is 3.61. The van der Waals surface area contributed by atoms with Crippen LogP contribution in [0.2, 0.25) is 5.02 Å². The first-order valence-corrected chi connectivity index (χ1v) is 5.90. The molecule has 0 bridgehead atoms. The van der Waals surface area contributed by atoms with E-state index in [1.54, 1.807) is 12.5 Å². The third-order valence-electron chi connectivity index (χ3n) is 2.86. The van der Waals surface area contributed by atoms with E-state index in [4.69, 9.17) is 11.6 Å². The van der Waals surface area contributed by atoms with Crippen molar-refractivity contribution < 1.29 is 0 Å². The van der Waals surface area contributed by atoms with E-state index >= 15 is 0 Å². The van der Waals surface area contributed by atoms with E-state index in [1.165, 1.54) is 6.42 Å². The molecule has 0 amide bonds. The van der Waals surface area contributed by atoms with Gasteiger partial charge in [-0.15, -0.1) is 0 Å². The van der Waals surface area contributed by atoms with Crippen LogP contribution in [0.15, 0.2) is 12.5 Å². The molecule has 1 saturated heterocycles. The molecule has 88 valence electrons. The second kappa shape index (κ2) is 4.97. The third kappa shape index (κ3) is 2.62. The van der Waals surface area contributed by atoms with Crippen molar-refractivity contribution in [2.24, 2.45) is 5.92 Å². The summed E-state index contributed by atoms with van der Waals surface area (Å²) in [6, 6.07) is 0. The average molecular weight is 241 g/mol. The molecule has 0 saturated carbocycles. The molecule has 4 nitrogen and oxygen atoms in total. The first-order valence-electron chi connectivity index (χ1n) is 5.52. The molecular formula is C11H17ClN4. The first-order chi connectivity index (χ1) is 7.66. The SMILES string of the molecule is CN(C)CC1CCN(c2ncncc2Cl)C1. The molecule has 1 aromatic heterocycles. The Morgan fingerprint density at radius 1 is 1.56 bits per heavy atom. The van der Waals surface area contributed by atoms with Crippen LogP contribution in [0, 0.1) is 5.92 Å². The molecule has 0 radical (unpaired) electrons. The molecule has 2 rings (SSSR count). The molecule has 1 fully saturated rings. The number of nitrogens with zero attached hydrogens (tertiary/aromatic N) is 4. The quantitative estimate of drug-likeness (QED) is 0.802. The Bertz CT molecular complexity index is 356. The monoisotopic (exact) mass is 240 g/mol. The highest BCUT2D eigenvalue weighted by Crippen LogP contribution is 2.27. The van der Waals surface area contributed by atoms with Crippen molar-refractivity contribution in [3.63, 3.8) is 0 Å². The topological polar surface area (TPSA) is 32.3 Å². The lowest BCUT2D eigenvalue weighted by atomic mass is 10.1.